The van der Waals surface area contributed by atoms with E-state index >= 15 is 0 Å². The van der Waals surface area contributed by atoms with Crippen LogP contribution in [0.2, 0.25) is 0 Å². The molecular weight excluding hydrogens is 260 g/mol. The molecule has 0 N–H and O–H groups in total. The first-order chi connectivity index (χ1) is 9.84. The van der Waals surface area contributed by atoms with Crippen LogP contribution in [0.4, 0.5) is 0 Å². The third kappa shape index (κ3) is 2.68. The highest BCUT2D eigenvalue weighted by molar-refractivity contribution is 7.81. The van der Waals surface area contributed by atoms with Crippen molar-refractivity contribution in [3.63, 3.8) is 0 Å². The van der Waals surface area contributed by atoms with Crippen LogP contribution in [-0.2, 0) is 0 Å². The van der Waals surface area contributed by atoms with E-state index in [1.165, 1.54) is 11.1 Å². The first-order valence-electron chi connectivity index (χ1n) is 6.60. The maximum absolute atomic E-state index is 5.55. The molecular formula is C19H14S. The minimum Gasteiger partial charge on any atom is -0.0788 e. The van der Waals surface area contributed by atoms with Crippen molar-refractivity contribution in [2.45, 2.75) is 0 Å². The van der Waals surface area contributed by atoms with Gasteiger partial charge in [-0.1, -0.05) is 97.1 Å². The number of hydrogen-bond acceptors (Lipinski definition) is 1. The Morgan fingerprint density at radius 2 is 0.950 bits per heavy atom. The molecule has 3 aromatic rings. The van der Waals surface area contributed by atoms with Gasteiger partial charge in [-0.2, -0.15) is 0 Å². The normalized spacial score (nSPS) is 10.2. The van der Waals surface area contributed by atoms with Gasteiger partial charge in [0.05, 0.1) is 4.86 Å². The molecule has 0 bridgehead atoms. The first-order valence-corrected chi connectivity index (χ1v) is 7.01. The topological polar surface area (TPSA) is 0 Å². The first kappa shape index (κ1) is 12.8. The van der Waals surface area contributed by atoms with Crippen LogP contribution in [0.15, 0.2) is 84.9 Å². The van der Waals surface area contributed by atoms with Crippen LogP contribution in [0.3, 0.4) is 0 Å². The molecule has 0 radical (unpaired) electrons. The van der Waals surface area contributed by atoms with Gasteiger partial charge in [0.1, 0.15) is 0 Å². The molecule has 20 heavy (non-hydrogen) atoms. The molecule has 0 aromatic heterocycles. The maximum atomic E-state index is 5.55. The van der Waals surface area contributed by atoms with Crippen molar-refractivity contribution in [3.8, 4) is 11.1 Å². The summed E-state index contributed by atoms with van der Waals surface area (Å²) in [7, 11) is 0. The van der Waals surface area contributed by atoms with Crippen LogP contribution in [0.1, 0.15) is 11.1 Å². The SMILES string of the molecule is S=C(c1ccccc1)c1ccc(-c2ccccc2)cc1. The lowest BCUT2D eigenvalue weighted by atomic mass is 10.0. The molecule has 0 heterocycles. The van der Waals surface area contributed by atoms with E-state index in [0.717, 1.165) is 16.0 Å². The Labute approximate surface area is 124 Å². The summed E-state index contributed by atoms with van der Waals surface area (Å²) in [5, 5.41) is 0. The molecule has 0 aliphatic carbocycles. The van der Waals surface area contributed by atoms with Crippen molar-refractivity contribution in [2.75, 3.05) is 0 Å². The maximum Gasteiger partial charge on any atom is 0.0521 e. The van der Waals surface area contributed by atoms with Crippen molar-refractivity contribution in [2.24, 2.45) is 0 Å². The van der Waals surface area contributed by atoms with Gasteiger partial charge in [-0.15, -0.1) is 0 Å². The van der Waals surface area contributed by atoms with Gasteiger partial charge >= 0.3 is 0 Å². The van der Waals surface area contributed by atoms with Crippen LogP contribution in [-0.4, -0.2) is 4.86 Å². The second-order valence-corrected chi connectivity index (χ2v) is 5.05. The Hall–Kier alpha value is -2.25. The Kier molecular flexibility index (Phi) is 3.71. The fourth-order valence-corrected chi connectivity index (χ4v) is 2.47. The Morgan fingerprint density at radius 3 is 1.55 bits per heavy atom. The summed E-state index contributed by atoms with van der Waals surface area (Å²) in [5.41, 5.74) is 4.62. The molecule has 0 atom stereocenters. The van der Waals surface area contributed by atoms with Gasteiger partial charge in [-0.3, -0.25) is 0 Å². The van der Waals surface area contributed by atoms with Crippen LogP contribution < -0.4 is 0 Å². The summed E-state index contributed by atoms with van der Waals surface area (Å²) in [4.78, 5) is 0.894. The molecule has 0 saturated carbocycles. The van der Waals surface area contributed by atoms with Crippen molar-refractivity contribution < 1.29 is 0 Å². The average Bonchev–Trinajstić information content (AvgIpc) is 2.56. The van der Waals surface area contributed by atoms with Crippen molar-refractivity contribution in [1.82, 2.24) is 0 Å². The molecule has 0 unspecified atom stereocenters. The molecule has 0 aliphatic heterocycles. The van der Waals surface area contributed by atoms with Crippen molar-refractivity contribution in [3.05, 3.63) is 96.1 Å². The van der Waals surface area contributed by atoms with E-state index in [9.17, 15) is 0 Å². The Bertz CT molecular complexity index is 698. The number of hydrogen-bond donors (Lipinski definition) is 0. The lowest BCUT2D eigenvalue weighted by molar-refractivity contribution is 1.59. The molecule has 0 spiro atoms. The summed E-state index contributed by atoms with van der Waals surface area (Å²) in [6.07, 6.45) is 0. The van der Waals surface area contributed by atoms with Gasteiger partial charge in [0.2, 0.25) is 0 Å². The zero-order valence-electron chi connectivity index (χ0n) is 11.0. The van der Waals surface area contributed by atoms with E-state index < -0.39 is 0 Å². The molecule has 1 heteroatoms. The quantitative estimate of drug-likeness (QED) is 0.472. The summed E-state index contributed by atoms with van der Waals surface area (Å²) >= 11 is 5.55. The minimum absolute atomic E-state index is 0.894. The smallest absolute Gasteiger partial charge is 0.0521 e. The predicted octanol–water partition coefficient (Wildman–Crippen LogP) is 5.12. The molecule has 3 rings (SSSR count). The largest absolute Gasteiger partial charge is 0.0788 e. The molecule has 0 aliphatic rings. The highest BCUT2D eigenvalue weighted by atomic mass is 32.1. The second kappa shape index (κ2) is 5.81. The summed E-state index contributed by atoms with van der Waals surface area (Å²) in [5.74, 6) is 0. The van der Waals surface area contributed by atoms with E-state index in [1.54, 1.807) is 0 Å². The predicted molar refractivity (Wildman–Crippen MR) is 89.1 cm³/mol. The summed E-state index contributed by atoms with van der Waals surface area (Å²) < 4.78 is 0. The van der Waals surface area contributed by atoms with Gasteiger partial charge in [0.25, 0.3) is 0 Å². The van der Waals surface area contributed by atoms with E-state index in [-0.39, 0.29) is 0 Å². The molecule has 0 saturated heterocycles. The number of rotatable bonds is 3. The summed E-state index contributed by atoms with van der Waals surface area (Å²) in [6, 6.07) is 28.9. The van der Waals surface area contributed by atoms with E-state index in [4.69, 9.17) is 12.2 Å². The van der Waals surface area contributed by atoms with Gasteiger partial charge in [0.15, 0.2) is 0 Å². The van der Waals surface area contributed by atoms with Crippen molar-refractivity contribution >= 4 is 17.1 Å². The molecule has 96 valence electrons. The van der Waals surface area contributed by atoms with Gasteiger partial charge in [-0.25, -0.2) is 0 Å². The van der Waals surface area contributed by atoms with Crippen molar-refractivity contribution in [1.29, 1.82) is 0 Å². The number of thiocarbonyl (C=S) groups is 1. The van der Waals surface area contributed by atoms with Crippen LogP contribution in [0, 0.1) is 0 Å². The lowest BCUT2D eigenvalue weighted by Crippen LogP contribution is -1.98. The summed E-state index contributed by atoms with van der Waals surface area (Å²) in [6.45, 7) is 0. The Morgan fingerprint density at radius 1 is 0.500 bits per heavy atom. The highest BCUT2D eigenvalue weighted by Crippen LogP contribution is 2.20. The van der Waals surface area contributed by atoms with E-state index in [2.05, 4.69) is 48.5 Å². The Balaban J connectivity index is 1.89. The van der Waals surface area contributed by atoms with Crippen LogP contribution in [0.5, 0.6) is 0 Å². The lowest BCUT2D eigenvalue weighted by Gasteiger charge is -2.06. The second-order valence-electron chi connectivity index (χ2n) is 4.64. The zero-order chi connectivity index (χ0) is 13.8. The zero-order valence-corrected chi connectivity index (χ0v) is 11.8. The van der Waals surface area contributed by atoms with Gasteiger partial charge < -0.3 is 0 Å². The molecule has 3 aromatic carbocycles. The third-order valence-electron chi connectivity index (χ3n) is 3.29. The van der Waals surface area contributed by atoms with Gasteiger partial charge in [0, 0.05) is 0 Å². The van der Waals surface area contributed by atoms with Gasteiger partial charge in [-0.05, 0) is 22.3 Å². The molecule has 0 nitrogen and oxygen atoms in total. The average molecular weight is 274 g/mol. The standard InChI is InChI=1S/C19H14S/c20-19(17-9-5-2-6-10-17)18-13-11-16(12-14-18)15-7-3-1-4-8-15/h1-14H. The highest BCUT2D eigenvalue weighted by Gasteiger charge is 2.04. The molecule has 0 fully saturated rings. The minimum atomic E-state index is 0.894. The van der Waals surface area contributed by atoms with E-state index in [0.29, 0.717) is 0 Å². The number of benzene rings is 3. The monoisotopic (exact) mass is 274 g/mol. The fraction of sp³-hybridized carbons (Fsp3) is 0. The molecule has 0 amide bonds. The van der Waals surface area contributed by atoms with Crippen LogP contribution in [0.25, 0.3) is 11.1 Å². The van der Waals surface area contributed by atoms with Crippen LogP contribution >= 0.6 is 12.2 Å². The van der Waals surface area contributed by atoms with E-state index in [1.807, 2.05) is 36.4 Å². The fourth-order valence-electron chi connectivity index (χ4n) is 2.20. The third-order valence-corrected chi connectivity index (χ3v) is 3.76.